The number of aromatic nitrogens is 4. The minimum absolute atomic E-state index is 0.234. The van der Waals surface area contributed by atoms with Crippen LogP contribution in [0.2, 0.25) is 0 Å². The molecular weight excluding hydrogens is 395 g/mol. The van der Waals surface area contributed by atoms with Crippen LogP contribution < -0.4 is 10.9 Å². The Morgan fingerprint density at radius 3 is 2.50 bits per heavy atom. The third kappa shape index (κ3) is 4.06. The molecule has 0 atom stereocenters. The summed E-state index contributed by atoms with van der Waals surface area (Å²) in [6.45, 7) is 3.01. The maximum Gasteiger partial charge on any atom is 0.416 e. The monoisotopic (exact) mass is 419 g/mol. The van der Waals surface area contributed by atoms with Crippen LogP contribution in [0.15, 0.2) is 29.1 Å². The maximum absolute atomic E-state index is 12.8. The first kappa shape index (κ1) is 20.4. The van der Waals surface area contributed by atoms with Crippen LogP contribution in [0.25, 0.3) is 11.2 Å². The van der Waals surface area contributed by atoms with Gasteiger partial charge in [-0.3, -0.25) is 9.78 Å². The van der Waals surface area contributed by atoms with Gasteiger partial charge in [0.25, 0.3) is 5.56 Å². The molecule has 0 spiro atoms. The van der Waals surface area contributed by atoms with Crippen molar-refractivity contribution in [2.45, 2.75) is 64.2 Å². The number of alkyl halides is 3. The molecule has 160 valence electrons. The summed E-state index contributed by atoms with van der Waals surface area (Å²) < 4.78 is 40.1. The zero-order valence-electron chi connectivity index (χ0n) is 16.7. The topological polar surface area (TPSA) is 75.6 Å². The Balaban J connectivity index is 1.59. The Morgan fingerprint density at radius 2 is 1.87 bits per heavy atom. The van der Waals surface area contributed by atoms with Crippen LogP contribution in [0.3, 0.4) is 0 Å². The highest BCUT2D eigenvalue weighted by molar-refractivity contribution is 5.72. The average molecular weight is 419 g/mol. The van der Waals surface area contributed by atoms with Gasteiger partial charge in [0.1, 0.15) is 5.82 Å². The molecule has 0 unspecified atom stereocenters. The number of anilines is 1. The Morgan fingerprint density at radius 1 is 1.17 bits per heavy atom. The van der Waals surface area contributed by atoms with E-state index in [0.717, 1.165) is 37.2 Å². The number of rotatable bonds is 6. The third-order valence-corrected chi connectivity index (χ3v) is 5.55. The number of nitrogens with zero attached hydrogens (tertiary/aromatic N) is 3. The van der Waals surface area contributed by atoms with Crippen LogP contribution in [0.5, 0.6) is 0 Å². The number of hydrogen-bond acceptors (Lipinski definition) is 4. The van der Waals surface area contributed by atoms with Crippen molar-refractivity contribution in [3.63, 3.8) is 0 Å². The molecule has 1 aliphatic rings. The molecule has 4 rings (SSSR count). The molecule has 0 bridgehead atoms. The number of aromatic amines is 1. The summed E-state index contributed by atoms with van der Waals surface area (Å²) in [5.74, 6) is 1.54. The number of nitrogens with one attached hydrogen (secondary N) is 2. The molecule has 2 N–H and O–H groups in total. The van der Waals surface area contributed by atoms with E-state index in [1.807, 2.05) is 4.57 Å². The standard InChI is InChI=1S/C21H24F3N5O/c1-2-11-29-16-17(26-18(29)14-5-3-4-6-14)27-20(28-19(16)30)25-12-13-7-9-15(10-8-13)21(22,23)24/h7-10,14H,2-6,11-12H2,1H3,(H2,25,27,28,30). The molecule has 2 heterocycles. The van der Waals surface area contributed by atoms with E-state index in [2.05, 4.69) is 22.2 Å². The second kappa shape index (κ2) is 8.12. The van der Waals surface area contributed by atoms with E-state index in [-0.39, 0.29) is 18.1 Å². The normalized spacial score (nSPS) is 15.2. The minimum Gasteiger partial charge on any atom is -0.352 e. The van der Waals surface area contributed by atoms with E-state index in [0.29, 0.717) is 29.2 Å². The number of aryl methyl sites for hydroxylation is 1. The molecule has 0 amide bonds. The minimum atomic E-state index is -4.36. The summed E-state index contributed by atoms with van der Waals surface area (Å²) in [6, 6.07) is 4.88. The van der Waals surface area contributed by atoms with E-state index in [4.69, 9.17) is 4.98 Å². The van der Waals surface area contributed by atoms with Gasteiger partial charge in [-0.2, -0.15) is 18.2 Å². The number of imidazole rings is 1. The van der Waals surface area contributed by atoms with Crippen molar-refractivity contribution < 1.29 is 13.2 Å². The van der Waals surface area contributed by atoms with Crippen molar-refractivity contribution in [2.75, 3.05) is 5.32 Å². The van der Waals surface area contributed by atoms with Gasteiger partial charge in [0.2, 0.25) is 5.95 Å². The van der Waals surface area contributed by atoms with Crippen molar-refractivity contribution in [2.24, 2.45) is 0 Å². The first-order valence-electron chi connectivity index (χ1n) is 10.3. The Labute approximate surface area is 171 Å². The zero-order valence-corrected chi connectivity index (χ0v) is 16.7. The highest BCUT2D eigenvalue weighted by Gasteiger charge is 2.30. The first-order valence-corrected chi connectivity index (χ1v) is 10.3. The van der Waals surface area contributed by atoms with Crippen molar-refractivity contribution in [1.29, 1.82) is 0 Å². The number of benzene rings is 1. The average Bonchev–Trinajstić information content (AvgIpc) is 3.34. The fourth-order valence-corrected chi connectivity index (χ4v) is 4.09. The van der Waals surface area contributed by atoms with Crippen LogP contribution in [0, 0.1) is 0 Å². The maximum atomic E-state index is 12.8. The predicted molar refractivity (Wildman–Crippen MR) is 108 cm³/mol. The molecule has 9 heteroatoms. The number of H-pyrrole nitrogens is 1. The fraction of sp³-hybridized carbons (Fsp3) is 0.476. The van der Waals surface area contributed by atoms with E-state index in [9.17, 15) is 18.0 Å². The smallest absolute Gasteiger partial charge is 0.352 e. The number of halogens is 3. The predicted octanol–water partition coefficient (Wildman–Crippen LogP) is 4.82. The van der Waals surface area contributed by atoms with Gasteiger partial charge in [-0.05, 0) is 37.0 Å². The van der Waals surface area contributed by atoms with Crippen molar-refractivity contribution >= 4 is 17.1 Å². The zero-order chi connectivity index (χ0) is 21.3. The van der Waals surface area contributed by atoms with Gasteiger partial charge < -0.3 is 9.88 Å². The van der Waals surface area contributed by atoms with Crippen LogP contribution >= 0.6 is 0 Å². The van der Waals surface area contributed by atoms with Gasteiger partial charge in [-0.25, -0.2) is 4.98 Å². The second-order valence-corrected chi connectivity index (χ2v) is 7.74. The molecule has 1 aromatic carbocycles. The van der Waals surface area contributed by atoms with Gasteiger partial charge in [0.05, 0.1) is 5.56 Å². The lowest BCUT2D eigenvalue weighted by molar-refractivity contribution is -0.137. The first-order chi connectivity index (χ1) is 14.4. The van der Waals surface area contributed by atoms with Crippen LogP contribution in [-0.4, -0.2) is 19.5 Å². The Hall–Kier alpha value is -2.84. The molecule has 0 aliphatic heterocycles. The molecule has 0 radical (unpaired) electrons. The molecule has 1 saturated carbocycles. The van der Waals surface area contributed by atoms with Crippen molar-refractivity contribution in [3.05, 3.63) is 51.6 Å². The van der Waals surface area contributed by atoms with Gasteiger partial charge in [-0.1, -0.05) is 31.9 Å². The number of hydrogen-bond donors (Lipinski definition) is 2. The van der Waals surface area contributed by atoms with Crippen LogP contribution in [0.4, 0.5) is 19.1 Å². The summed E-state index contributed by atoms with van der Waals surface area (Å²) in [5.41, 5.74) is 0.581. The molecule has 1 fully saturated rings. The summed E-state index contributed by atoms with van der Waals surface area (Å²) in [4.78, 5) is 24.7. The van der Waals surface area contributed by atoms with E-state index in [1.54, 1.807) is 0 Å². The molecule has 6 nitrogen and oxygen atoms in total. The van der Waals surface area contributed by atoms with Crippen LogP contribution in [-0.2, 0) is 19.3 Å². The van der Waals surface area contributed by atoms with Gasteiger partial charge in [0.15, 0.2) is 11.2 Å². The molecular formula is C21H24F3N5O. The van der Waals surface area contributed by atoms with E-state index >= 15 is 0 Å². The SMILES string of the molecule is CCCn1c(C2CCCC2)nc2nc(NCc3ccc(C(F)(F)F)cc3)[nH]c(=O)c21. The third-order valence-electron chi connectivity index (χ3n) is 5.55. The summed E-state index contributed by atoms with van der Waals surface area (Å²) in [6.07, 6.45) is 1.01. The van der Waals surface area contributed by atoms with Gasteiger partial charge >= 0.3 is 6.18 Å². The molecule has 1 aliphatic carbocycles. The lowest BCUT2D eigenvalue weighted by Crippen LogP contribution is -2.17. The van der Waals surface area contributed by atoms with Crippen molar-refractivity contribution in [3.8, 4) is 0 Å². The lowest BCUT2D eigenvalue weighted by Gasteiger charge is -2.12. The highest BCUT2D eigenvalue weighted by atomic mass is 19.4. The highest BCUT2D eigenvalue weighted by Crippen LogP contribution is 2.34. The Kier molecular flexibility index (Phi) is 5.53. The number of fused-ring (bicyclic) bond motifs is 1. The van der Waals surface area contributed by atoms with E-state index in [1.165, 1.54) is 25.0 Å². The molecule has 0 saturated heterocycles. The van der Waals surface area contributed by atoms with Crippen molar-refractivity contribution in [1.82, 2.24) is 19.5 Å². The molecule has 30 heavy (non-hydrogen) atoms. The van der Waals surface area contributed by atoms with Gasteiger partial charge in [-0.15, -0.1) is 0 Å². The second-order valence-electron chi connectivity index (χ2n) is 7.74. The Bertz CT molecular complexity index is 1080. The van der Waals surface area contributed by atoms with Crippen LogP contribution in [0.1, 0.15) is 61.9 Å². The quantitative estimate of drug-likeness (QED) is 0.601. The molecule has 2 aromatic heterocycles. The lowest BCUT2D eigenvalue weighted by atomic mass is 10.1. The molecule has 3 aromatic rings. The summed E-state index contributed by atoms with van der Waals surface area (Å²) in [5, 5.41) is 2.99. The fourth-order valence-electron chi connectivity index (χ4n) is 4.09. The summed E-state index contributed by atoms with van der Waals surface area (Å²) in [7, 11) is 0. The largest absolute Gasteiger partial charge is 0.416 e. The summed E-state index contributed by atoms with van der Waals surface area (Å²) >= 11 is 0. The van der Waals surface area contributed by atoms with Gasteiger partial charge in [0, 0.05) is 19.0 Å². The van der Waals surface area contributed by atoms with E-state index < -0.39 is 11.7 Å².